The Kier molecular flexibility index (Phi) is 8.75. The smallest absolute Gasteiger partial charge is 0.255 e. The molecule has 2 aliphatic rings. The third kappa shape index (κ3) is 6.46. The lowest BCUT2D eigenvalue weighted by atomic mass is 10.0. The van der Waals surface area contributed by atoms with E-state index in [-0.39, 0.29) is 18.2 Å². The van der Waals surface area contributed by atoms with Gasteiger partial charge in [-0.3, -0.25) is 19.7 Å². The van der Waals surface area contributed by atoms with E-state index in [1.165, 1.54) is 0 Å². The van der Waals surface area contributed by atoms with Gasteiger partial charge in [0.15, 0.2) is 0 Å². The molecule has 37 heavy (non-hydrogen) atoms. The van der Waals surface area contributed by atoms with Crippen LogP contribution in [0.2, 0.25) is 0 Å². The van der Waals surface area contributed by atoms with Gasteiger partial charge in [-0.2, -0.15) is 5.26 Å². The van der Waals surface area contributed by atoms with Gasteiger partial charge in [0.2, 0.25) is 11.8 Å². The van der Waals surface area contributed by atoms with Crippen LogP contribution in [0, 0.1) is 11.3 Å². The molecule has 0 radical (unpaired) electrons. The van der Waals surface area contributed by atoms with Crippen molar-refractivity contribution in [3.63, 3.8) is 0 Å². The van der Waals surface area contributed by atoms with E-state index in [1.54, 1.807) is 36.3 Å². The first-order valence-electron chi connectivity index (χ1n) is 12.7. The van der Waals surface area contributed by atoms with Gasteiger partial charge in [0.25, 0.3) is 5.91 Å². The van der Waals surface area contributed by atoms with Crippen molar-refractivity contribution in [2.45, 2.75) is 57.7 Å². The molecule has 0 aliphatic carbocycles. The summed E-state index contributed by atoms with van der Waals surface area (Å²) in [4.78, 5) is 37.9. The number of nitrogens with zero attached hydrogens (tertiary/aromatic N) is 2. The number of nitriles is 1. The summed E-state index contributed by atoms with van der Waals surface area (Å²) < 4.78 is 11.3. The Balaban J connectivity index is 1.13. The van der Waals surface area contributed by atoms with Crippen LogP contribution in [0.5, 0.6) is 11.5 Å². The highest BCUT2D eigenvalue weighted by Gasteiger charge is 2.39. The molecule has 1 unspecified atom stereocenters. The first-order valence-corrected chi connectivity index (χ1v) is 12.7. The number of hydrogen-bond acceptors (Lipinski definition) is 7. The van der Waals surface area contributed by atoms with E-state index in [4.69, 9.17) is 14.7 Å². The summed E-state index contributed by atoms with van der Waals surface area (Å²) in [6.45, 7) is 2.53. The molecule has 2 heterocycles. The van der Waals surface area contributed by atoms with Crippen LogP contribution in [-0.2, 0) is 22.7 Å². The van der Waals surface area contributed by atoms with Crippen molar-refractivity contribution in [1.29, 1.82) is 5.26 Å². The largest absolute Gasteiger partial charge is 0.496 e. The Labute approximate surface area is 216 Å². The number of imide groups is 1. The lowest BCUT2D eigenvalue weighted by molar-refractivity contribution is -0.136. The van der Waals surface area contributed by atoms with E-state index < -0.39 is 11.9 Å². The lowest BCUT2D eigenvalue weighted by Crippen LogP contribution is -2.52. The predicted molar refractivity (Wildman–Crippen MR) is 136 cm³/mol. The van der Waals surface area contributed by atoms with Crippen molar-refractivity contribution in [3.8, 4) is 17.6 Å². The van der Waals surface area contributed by atoms with E-state index in [2.05, 4.69) is 16.7 Å². The number of carbonyl (C=O) groups excluding carboxylic acids is 3. The van der Waals surface area contributed by atoms with Gasteiger partial charge in [0.05, 0.1) is 25.3 Å². The van der Waals surface area contributed by atoms with Crippen LogP contribution < -0.4 is 20.1 Å². The minimum atomic E-state index is -0.609. The average Bonchev–Trinajstić information content (AvgIpc) is 3.22. The van der Waals surface area contributed by atoms with Crippen LogP contribution in [0.4, 0.5) is 0 Å². The van der Waals surface area contributed by atoms with Crippen molar-refractivity contribution in [2.24, 2.45) is 0 Å². The number of nitrogens with one attached hydrogen (secondary N) is 2. The molecule has 0 bridgehead atoms. The second-order valence-electron chi connectivity index (χ2n) is 9.30. The minimum absolute atomic E-state index is 0.178. The molecule has 1 atom stereocenters. The van der Waals surface area contributed by atoms with Crippen molar-refractivity contribution in [3.05, 3.63) is 58.7 Å². The molecule has 0 aromatic heterocycles. The highest BCUT2D eigenvalue weighted by Crippen LogP contribution is 2.30. The van der Waals surface area contributed by atoms with Crippen molar-refractivity contribution >= 4 is 17.7 Å². The number of unbranched alkanes of at least 4 members (excludes halogenated alkanes) is 3. The highest BCUT2D eigenvalue weighted by molar-refractivity contribution is 6.05. The monoisotopic (exact) mass is 504 g/mol. The number of benzene rings is 2. The molecular weight excluding hydrogens is 472 g/mol. The highest BCUT2D eigenvalue weighted by atomic mass is 16.5. The van der Waals surface area contributed by atoms with E-state index in [9.17, 15) is 14.4 Å². The van der Waals surface area contributed by atoms with Crippen LogP contribution in [-0.4, -0.2) is 48.9 Å². The van der Waals surface area contributed by atoms with E-state index in [0.29, 0.717) is 37.2 Å². The molecule has 2 aliphatic heterocycles. The number of carbonyl (C=O) groups is 3. The molecule has 2 aromatic rings. The minimum Gasteiger partial charge on any atom is -0.496 e. The fourth-order valence-corrected chi connectivity index (χ4v) is 4.72. The SMILES string of the molecule is COc1cc(C#N)ccc1CNCCCCCCOc1ccc2c(c1)CN(C1CCC(=O)NC1=O)C2=O. The Morgan fingerprint density at radius 1 is 1.11 bits per heavy atom. The maximum atomic E-state index is 12.8. The number of methoxy groups -OCH3 is 1. The van der Waals surface area contributed by atoms with Gasteiger partial charge in [-0.05, 0) is 61.7 Å². The van der Waals surface area contributed by atoms with Crippen molar-refractivity contribution < 1.29 is 23.9 Å². The average molecular weight is 505 g/mol. The number of fused-ring (bicyclic) bond motifs is 1. The Morgan fingerprint density at radius 3 is 2.73 bits per heavy atom. The predicted octanol–water partition coefficient (Wildman–Crippen LogP) is 3.06. The van der Waals surface area contributed by atoms with Crippen LogP contribution in [0.15, 0.2) is 36.4 Å². The maximum absolute atomic E-state index is 12.8. The molecule has 3 amide bonds. The van der Waals surface area contributed by atoms with Gasteiger partial charge < -0.3 is 19.7 Å². The van der Waals surface area contributed by atoms with E-state index in [1.807, 2.05) is 12.1 Å². The van der Waals surface area contributed by atoms with Crippen LogP contribution in [0.1, 0.15) is 65.6 Å². The molecule has 2 aromatic carbocycles. The summed E-state index contributed by atoms with van der Waals surface area (Å²) in [7, 11) is 1.61. The molecule has 4 rings (SSSR count). The number of ether oxygens (including phenoxy) is 2. The second kappa shape index (κ2) is 12.4. The van der Waals surface area contributed by atoms with Gasteiger partial charge in [0.1, 0.15) is 17.5 Å². The van der Waals surface area contributed by atoms with Crippen molar-refractivity contribution in [1.82, 2.24) is 15.5 Å². The maximum Gasteiger partial charge on any atom is 0.255 e. The molecule has 9 nitrogen and oxygen atoms in total. The van der Waals surface area contributed by atoms with Crippen LogP contribution in [0.3, 0.4) is 0 Å². The van der Waals surface area contributed by atoms with E-state index >= 15 is 0 Å². The molecular formula is C28H32N4O5. The van der Waals surface area contributed by atoms with Gasteiger partial charge in [-0.1, -0.05) is 18.9 Å². The molecule has 2 N–H and O–H groups in total. The zero-order valence-corrected chi connectivity index (χ0v) is 21.0. The molecule has 0 saturated carbocycles. The van der Waals surface area contributed by atoms with Gasteiger partial charge >= 0.3 is 0 Å². The summed E-state index contributed by atoms with van der Waals surface area (Å²) in [6.07, 6.45) is 4.71. The number of amides is 3. The topological polar surface area (TPSA) is 121 Å². The third-order valence-corrected chi connectivity index (χ3v) is 6.74. The summed E-state index contributed by atoms with van der Waals surface area (Å²) in [5.74, 6) is 0.569. The van der Waals surface area contributed by atoms with Crippen LogP contribution in [0.25, 0.3) is 0 Å². The zero-order valence-electron chi connectivity index (χ0n) is 21.0. The number of piperidine rings is 1. The second-order valence-corrected chi connectivity index (χ2v) is 9.30. The normalized spacial score (nSPS) is 16.8. The quantitative estimate of drug-likeness (QED) is 0.337. The first-order chi connectivity index (χ1) is 18.0. The van der Waals surface area contributed by atoms with E-state index in [0.717, 1.165) is 54.9 Å². The summed E-state index contributed by atoms with van der Waals surface area (Å²) in [5, 5.41) is 14.7. The fourth-order valence-electron chi connectivity index (χ4n) is 4.72. The van der Waals surface area contributed by atoms with Crippen molar-refractivity contribution in [2.75, 3.05) is 20.3 Å². The summed E-state index contributed by atoms with van der Waals surface area (Å²) in [5.41, 5.74) is 3.05. The first kappa shape index (κ1) is 26.2. The van der Waals surface area contributed by atoms with Crippen LogP contribution >= 0.6 is 0 Å². The Morgan fingerprint density at radius 2 is 1.95 bits per heavy atom. The zero-order chi connectivity index (χ0) is 26.2. The van der Waals surface area contributed by atoms with Gasteiger partial charge in [-0.25, -0.2) is 0 Å². The number of rotatable bonds is 12. The molecule has 1 saturated heterocycles. The summed E-state index contributed by atoms with van der Waals surface area (Å²) in [6, 6.07) is 12.4. The molecule has 1 fully saturated rings. The summed E-state index contributed by atoms with van der Waals surface area (Å²) >= 11 is 0. The molecule has 9 heteroatoms. The number of hydrogen-bond donors (Lipinski definition) is 2. The Bertz CT molecular complexity index is 1210. The molecule has 0 spiro atoms. The van der Waals surface area contributed by atoms with Gasteiger partial charge in [0, 0.05) is 30.6 Å². The van der Waals surface area contributed by atoms with Gasteiger partial charge in [-0.15, -0.1) is 0 Å². The third-order valence-electron chi connectivity index (χ3n) is 6.74. The fraction of sp³-hybridized carbons (Fsp3) is 0.429. The Hall–Kier alpha value is -3.90. The lowest BCUT2D eigenvalue weighted by Gasteiger charge is -2.29. The standard InChI is InChI=1S/C28H32N4O5/c1-36-25-14-19(16-29)6-7-20(25)17-30-12-4-2-3-5-13-37-22-8-9-23-21(15-22)18-32(28(23)35)24-10-11-26(33)31-27(24)34/h6-9,14-15,24,30H,2-5,10-13,17-18H2,1H3,(H,31,33,34). The molecule has 194 valence electrons.